The minimum atomic E-state index is -0.575. The van der Waals surface area contributed by atoms with Crippen LogP contribution < -0.4 is 5.48 Å². The topological polar surface area (TPSA) is 67.9 Å². The third-order valence-corrected chi connectivity index (χ3v) is 6.45. The van der Waals surface area contributed by atoms with Crippen molar-refractivity contribution in [3.05, 3.63) is 107 Å². The lowest BCUT2D eigenvalue weighted by atomic mass is 9.98. The van der Waals surface area contributed by atoms with Gasteiger partial charge in [-0.25, -0.2) is 4.79 Å². The minimum absolute atomic E-state index is 0.0496. The highest BCUT2D eigenvalue weighted by molar-refractivity contribution is 5.97. The summed E-state index contributed by atoms with van der Waals surface area (Å²) in [5.41, 5.74) is 6.86. The lowest BCUT2D eigenvalue weighted by Crippen LogP contribution is -2.50. The Labute approximate surface area is 231 Å². The van der Waals surface area contributed by atoms with E-state index in [0.29, 0.717) is 24.4 Å². The van der Waals surface area contributed by atoms with Gasteiger partial charge in [0.15, 0.2) is 6.10 Å². The van der Waals surface area contributed by atoms with Crippen LogP contribution in [0.4, 0.5) is 0 Å². The molecule has 39 heavy (non-hydrogen) atoms. The molecule has 6 nitrogen and oxygen atoms in total. The minimum Gasteiger partial charge on any atom is -0.456 e. The molecule has 3 aromatic rings. The number of hydrogen-bond donors (Lipinski definition) is 1. The molecule has 1 N–H and O–H groups in total. The van der Waals surface area contributed by atoms with Gasteiger partial charge in [-0.3, -0.25) is 20.0 Å². The van der Waals surface area contributed by atoms with E-state index >= 15 is 0 Å². The van der Waals surface area contributed by atoms with Gasteiger partial charge in [-0.2, -0.15) is 0 Å². The molecule has 0 bridgehead atoms. The fourth-order valence-corrected chi connectivity index (χ4v) is 4.47. The van der Waals surface area contributed by atoms with E-state index in [-0.39, 0.29) is 11.9 Å². The summed E-state index contributed by atoms with van der Waals surface area (Å²) in [7, 11) is 0. The van der Waals surface area contributed by atoms with E-state index in [1.54, 1.807) is 11.0 Å². The van der Waals surface area contributed by atoms with Crippen molar-refractivity contribution in [1.82, 2.24) is 10.4 Å². The van der Waals surface area contributed by atoms with E-state index in [9.17, 15) is 9.59 Å². The first-order valence-electron chi connectivity index (χ1n) is 13.6. The zero-order valence-corrected chi connectivity index (χ0v) is 23.3. The van der Waals surface area contributed by atoms with Crippen LogP contribution in [0.3, 0.4) is 0 Å². The molecule has 1 heterocycles. The van der Waals surface area contributed by atoms with E-state index in [2.05, 4.69) is 24.5 Å². The zero-order valence-electron chi connectivity index (χ0n) is 23.3. The molecule has 204 valence electrons. The normalized spacial score (nSPS) is 16.7. The Morgan fingerprint density at radius 3 is 2.36 bits per heavy atom. The molecule has 1 fully saturated rings. The first kappa shape index (κ1) is 28.1. The second-order valence-corrected chi connectivity index (χ2v) is 10.8. The highest BCUT2D eigenvalue weighted by Gasteiger charge is 2.33. The molecule has 0 radical (unpaired) electrons. The maximum atomic E-state index is 13.5. The van der Waals surface area contributed by atoms with Crippen LogP contribution in [0.15, 0.2) is 90.8 Å². The molecule has 0 saturated carbocycles. The second kappa shape index (κ2) is 12.8. The average molecular weight is 527 g/mol. The number of hydroxylamine groups is 1. The standard InChI is InChI=1S/C33H38N2O4/c1-5-6-16-30-34-39-29(22-19-24-12-8-7-9-13-24)31(36)35(30)23-25-17-20-26(21-18-25)27-14-10-11-15-28(27)32(37)38-33(2,3)4/h7-18,20-21,29,34H,5-6,19,22-23H2,1-4H3/t29-/m0/s1. The fraction of sp³-hybridized carbons (Fsp3) is 0.333. The van der Waals surface area contributed by atoms with Crippen LogP contribution in [-0.4, -0.2) is 28.5 Å². The third kappa shape index (κ3) is 7.58. The predicted molar refractivity (Wildman–Crippen MR) is 153 cm³/mol. The van der Waals surface area contributed by atoms with Gasteiger partial charge in [0.2, 0.25) is 0 Å². The number of hydrogen-bond acceptors (Lipinski definition) is 5. The monoisotopic (exact) mass is 526 g/mol. The van der Waals surface area contributed by atoms with Crippen molar-refractivity contribution < 1.29 is 19.2 Å². The number of esters is 1. The first-order valence-corrected chi connectivity index (χ1v) is 13.6. The molecule has 4 rings (SSSR count). The Kier molecular flexibility index (Phi) is 9.20. The smallest absolute Gasteiger partial charge is 0.339 e. The number of benzene rings is 3. The van der Waals surface area contributed by atoms with E-state index in [0.717, 1.165) is 36.0 Å². The molecule has 1 amide bonds. The van der Waals surface area contributed by atoms with Crippen LogP contribution in [0.1, 0.15) is 68.4 Å². The summed E-state index contributed by atoms with van der Waals surface area (Å²) in [4.78, 5) is 33.9. The second-order valence-electron chi connectivity index (χ2n) is 10.8. The van der Waals surface area contributed by atoms with Crippen LogP contribution in [0.25, 0.3) is 11.1 Å². The summed E-state index contributed by atoms with van der Waals surface area (Å²) in [6, 6.07) is 25.6. The van der Waals surface area contributed by atoms with Crippen LogP contribution in [0, 0.1) is 0 Å². The maximum Gasteiger partial charge on any atom is 0.339 e. The molecule has 6 heteroatoms. The van der Waals surface area contributed by atoms with Crippen molar-refractivity contribution in [2.45, 2.75) is 71.6 Å². The lowest BCUT2D eigenvalue weighted by Gasteiger charge is -2.35. The van der Waals surface area contributed by atoms with Gasteiger partial charge in [-0.1, -0.05) is 86.1 Å². The van der Waals surface area contributed by atoms with Gasteiger partial charge >= 0.3 is 5.97 Å². The highest BCUT2D eigenvalue weighted by Crippen LogP contribution is 2.27. The van der Waals surface area contributed by atoms with Gasteiger partial charge in [0, 0.05) is 0 Å². The molecular weight excluding hydrogens is 488 g/mol. The van der Waals surface area contributed by atoms with Crippen molar-refractivity contribution in [2.75, 3.05) is 0 Å². The number of ether oxygens (including phenoxy) is 1. The fourth-order valence-electron chi connectivity index (χ4n) is 4.47. The van der Waals surface area contributed by atoms with Crippen LogP contribution in [0.2, 0.25) is 0 Å². The quantitative estimate of drug-likeness (QED) is 0.310. The first-order chi connectivity index (χ1) is 18.7. The summed E-state index contributed by atoms with van der Waals surface area (Å²) < 4.78 is 5.62. The molecule has 0 spiro atoms. The van der Waals surface area contributed by atoms with Crippen molar-refractivity contribution in [1.29, 1.82) is 0 Å². The van der Waals surface area contributed by atoms with Crippen molar-refractivity contribution in [3.8, 4) is 11.1 Å². The summed E-state index contributed by atoms with van der Waals surface area (Å²) >= 11 is 0. The average Bonchev–Trinajstić information content (AvgIpc) is 2.93. The number of carbonyl (C=O) groups excluding carboxylic acids is 2. The SMILES string of the molecule is CCCC=C1NO[C@@H](CCc2ccccc2)C(=O)N1Cc1ccc(-c2ccccc2C(=O)OC(C)(C)C)cc1. The number of allylic oxidation sites excluding steroid dienone is 1. The predicted octanol–water partition coefficient (Wildman–Crippen LogP) is 6.82. The van der Waals surface area contributed by atoms with Crippen molar-refractivity contribution in [2.24, 2.45) is 0 Å². The van der Waals surface area contributed by atoms with Gasteiger partial charge in [0.1, 0.15) is 11.4 Å². The molecule has 0 unspecified atom stereocenters. The van der Waals surface area contributed by atoms with Gasteiger partial charge in [-0.05, 0) is 74.4 Å². The largest absolute Gasteiger partial charge is 0.456 e. The summed E-state index contributed by atoms with van der Waals surface area (Å²) in [5, 5.41) is 0. The van der Waals surface area contributed by atoms with Gasteiger partial charge < -0.3 is 4.74 Å². The molecule has 0 aromatic heterocycles. The molecule has 3 aromatic carbocycles. The van der Waals surface area contributed by atoms with E-state index < -0.39 is 11.7 Å². The Hall–Kier alpha value is -3.90. The Bertz CT molecular complexity index is 1290. The number of unbranched alkanes of at least 4 members (excludes halogenated alkanes) is 1. The molecule has 1 aliphatic rings. The van der Waals surface area contributed by atoms with Gasteiger partial charge in [-0.15, -0.1) is 0 Å². The van der Waals surface area contributed by atoms with Gasteiger partial charge in [0.25, 0.3) is 5.91 Å². The number of aryl methyl sites for hydroxylation is 1. The number of nitrogens with one attached hydrogen (secondary N) is 1. The number of rotatable bonds is 9. The van der Waals surface area contributed by atoms with Crippen molar-refractivity contribution in [3.63, 3.8) is 0 Å². The van der Waals surface area contributed by atoms with Crippen LogP contribution in [0.5, 0.6) is 0 Å². The Balaban J connectivity index is 1.51. The maximum absolute atomic E-state index is 13.5. The molecule has 1 atom stereocenters. The highest BCUT2D eigenvalue weighted by atomic mass is 16.7. The van der Waals surface area contributed by atoms with E-state index in [1.165, 1.54) is 5.56 Å². The molecule has 0 aliphatic carbocycles. The van der Waals surface area contributed by atoms with E-state index in [4.69, 9.17) is 9.57 Å². The van der Waals surface area contributed by atoms with Crippen molar-refractivity contribution >= 4 is 11.9 Å². The molecule has 1 aliphatic heterocycles. The zero-order chi connectivity index (χ0) is 27.8. The van der Waals surface area contributed by atoms with Gasteiger partial charge in [0.05, 0.1) is 12.1 Å². The number of nitrogens with zero attached hydrogens (tertiary/aromatic N) is 1. The van der Waals surface area contributed by atoms with E-state index in [1.807, 2.05) is 87.5 Å². The molecule has 1 saturated heterocycles. The Morgan fingerprint density at radius 2 is 1.67 bits per heavy atom. The summed E-state index contributed by atoms with van der Waals surface area (Å²) in [5.74, 6) is 0.281. The third-order valence-electron chi connectivity index (χ3n) is 6.45. The van der Waals surface area contributed by atoms with Crippen LogP contribution >= 0.6 is 0 Å². The number of amides is 1. The summed E-state index contributed by atoms with van der Waals surface area (Å²) in [6.45, 7) is 8.10. The lowest BCUT2D eigenvalue weighted by molar-refractivity contribution is -0.159. The summed E-state index contributed by atoms with van der Waals surface area (Å²) in [6.07, 6.45) is 4.60. The Morgan fingerprint density at radius 1 is 0.974 bits per heavy atom. The van der Waals surface area contributed by atoms with Crippen LogP contribution in [-0.2, 0) is 27.3 Å². The number of carbonyl (C=O) groups is 2. The molecular formula is C33H38N2O4.